The van der Waals surface area contributed by atoms with Crippen LogP contribution in [-0.4, -0.2) is 24.5 Å². The molecule has 16 heavy (non-hydrogen) atoms. The first-order valence-electron chi connectivity index (χ1n) is 6.40. The number of rotatable bonds is 6. The van der Waals surface area contributed by atoms with E-state index in [-0.39, 0.29) is 0 Å². The van der Waals surface area contributed by atoms with Crippen molar-refractivity contribution in [2.45, 2.75) is 39.0 Å². The number of hydrogen-bond donors (Lipinski definition) is 0. The van der Waals surface area contributed by atoms with Crippen molar-refractivity contribution in [3.05, 3.63) is 36.5 Å². The molecule has 0 atom stereocenters. The van der Waals surface area contributed by atoms with E-state index in [1.165, 1.54) is 37.9 Å². The normalized spacial score (nSPS) is 18.4. The molecule has 0 amide bonds. The fourth-order valence-electron chi connectivity index (χ4n) is 2.14. The van der Waals surface area contributed by atoms with Crippen LogP contribution in [0.15, 0.2) is 36.5 Å². The lowest BCUT2D eigenvalue weighted by Crippen LogP contribution is -2.31. The first kappa shape index (κ1) is 13.2. The molecule has 1 rings (SSSR count). The molecular formula is C15H25N. The Balaban J connectivity index is 2.21. The predicted molar refractivity (Wildman–Crippen MR) is 72.6 cm³/mol. The Labute approximate surface area is 101 Å². The Morgan fingerprint density at radius 1 is 1.25 bits per heavy atom. The van der Waals surface area contributed by atoms with Gasteiger partial charge in [-0.15, -0.1) is 0 Å². The fraction of sp³-hybridized carbons (Fsp3) is 0.600. The van der Waals surface area contributed by atoms with E-state index in [2.05, 4.69) is 31.1 Å². The average Bonchev–Trinajstić information content (AvgIpc) is 2.30. The van der Waals surface area contributed by atoms with Crippen molar-refractivity contribution in [3.8, 4) is 0 Å². The SMILES string of the molecule is C=CC(=C)CC/C=C(/C)CN1CCCCC1. The van der Waals surface area contributed by atoms with Crippen LogP contribution >= 0.6 is 0 Å². The third kappa shape index (κ3) is 5.32. The summed E-state index contributed by atoms with van der Waals surface area (Å²) in [5.74, 6) is 0. The summed E-state index contributed by atoms with van der Waals surface area (Å²) in [4.78, 5) is 2.57. The largest absolute Gasteiger partial charge is 0.299 e. The Morgan fingerprint density at radius 3 is 2.56 bits per heavy atom. The van der Waals surface area contributed by atoms with E-state index < -0.39 is 0 Å². The molecule has 0 aromatic rings. The van der Waals surface area contributed by atoms with Crippen molar-refractivity contribution in [3.63, 3.8) is 0 Å². The van der Waals surface area contributed by atoms with Crippen molar-refractivity contribution >= 4 is 0 Å². The molecule has 1 nitrogen and oxygen atoms in total. The minimum atomic E-state index is 1.04. The van der Waals surface area contributed by atoms with Gasteiger partial charge in [-0.3, -0.25) is 4.90 Å². The summed E-state index contributed by atoms with van der Waals surface area (Å²) >= 11 is 0. The van der Waals surface area contributed by atoms with Gasteiger partial charge in [-0.25, -0.2) is 0 Å². The second-order valence-corrected chi connectivity index (χ2v) is 4.79. The Hall–Kier alpha value is -0.820. The summed E-state index contributed by atoms with van der Waals surface area (Å²) in [7, 11) is 0. The van der Waals surface area contributed by atoms with Gasteiger partial charge in [-0.05, 0) is 45.7 Å². The first-order valence-corrected chi connectivity index (χ1v) is 6.40. The van der Waals surface area contributed by atoms with Gasteiger partial charge in [-0.2, -0.15) is 0 Å². The summed E-state index contributed by atoms with van der Waals surface area (Å²) in [5, 5.41) is 0. The highest BCUT2D eigenvalue weighted by Gasteiger charge is 2.09. The zero-order chi connectivity index (χ0) is 11.8. The maximum Gasteiger partial charge on any atom is 0.0190 e. The quantitative estimate of drug-likeness (QED) is 0.483. The van der Waals surface area contributed by atoms with Gasteiger partial charge in [0.25, 0.3) is 0 Å². The molecule has 1 heteroatoms. The van der Waals surface area contributed by atoms with E-state index in [9.17, 15) is 0 Å². The number of piperidine rings is 1. The summed E-state index contributed by atoms with van der Waals surface area (Å²) in [6.45, 7) is 13.6. The van der Waals surface area contributed by atoms with Gasteiger partial charge < -0.3 is 0 Å². The standard InChI is InChI=1S/C15H25N/c1-4-14(2)9-8-10-15(3)13-16-11-6-5-7-12-16/h4,10H,1-2,5-9,11-13H2,3H3/b15-10-. The molecule has 1 aliphatic heterocycles. The van der Waals surface area contributed by atoms with Crippen molar-refractivity contribution in [2.24, 2.45) is 0 Å². The Morgan fingerprint density at radius 2 is 1.94 bits per heavy atom. The number of hydrogen-bond acceptors (Lipinski definition) is 1. The van der Waals surface area contributed by atoms with Crippen molar-refractivity contribution in [2.75, 3.05) is 19.6 Å². The lowest BCUT2D eigenvalue weighted by atomic mass is 10.1. The second-order valence-electron chi connectivity index (χ2n) is 4.79. The highest BCUT2D eigenvalue weighted by atomic mass is 15.1. The van der Waals surface area contributed by atoms with E-state index in [0.29, 0.717) is 0 Å². The molecule has 0 aliphatic carbocycles. The maximum atomic E-state index is 3.93. The van der Waals surface area contributed by atoms with Crippen LogP contribution in [0.1, 0.15) is 39.0 Å². The van der Waals surface area contributed by atoms with Crippen LogP contribution in [0.2, 0.25) is 0 Å². The number of nitrogens with zero attached hydrogens (tertiary/aromatic N) is 1. The molecule has 0 radical (unpaired) electrons. The molecule has 0 N–H and O–H groups in total. The highest BCUT2D eigenvalue weighted by molar-refractivity contribution is 5.12. The average molecular weight is 219 g/mol. The molecule has 1 heterocycles. The molecule has 0 aromatic carbocycles. The molecule has 1 saturated heterocycles. The van der Waals surface area contributed by atoms with Crippen molar-refractivity contribution in [1.82, 2.24) is 4.90 Å². The zero-order valence-electron chi connectivity index (χ0n) is 10.7. The van der Waals surface area contributed by atoms with Crippen LogP contribution in [0.25, 0.3) is 0 Å². The van der Waals surface area contributed by atoms with E-state index in [1.54, 1.807) is 0 Å². The zero-order valence-corrected chi connectivity index (χ0v) is 10.7. The Kier molecular flexibility index (Phi) is 6.17. The van der Waals surface area contributed by atoms with Crippen molar-refractivity contribution < 1.29 is 0 Å². The second kappa shape index (κ2) is 7.45. The molecule has 0 saturated carbocycles. The van der Waals surface area contributed by atoms with Gasteiger partial charge in [0.15, 0.2) is 0 Å². The van der Waals surface area contributed by atoms with Crippen LogP contribution < -0.4 is 0 Å². The lowest BCUT2D eigenvalue weighted by Gasteiger charge is -2.26. The fourth-order valence-corrected chi connectivity index (χ4v) is 2.14. The lowest BCUT2D eigenvalue weighted by molar-refractivity contribution is 0.246. The third-order valence-electron chi connectivity index (χ3n) is 3.17. The Bertz CT molecular complexity index is 257. The summed E-state index contributed by atoms with van der Waals surface area (Å²) < 4.78 is 0. The molecule has 0 aromatic heterocycles. The molecule has 0 unspecified atom stereocenters. The molecule has 90 valence electrons. The van der Waals surface area contributed by atoms with Gasteiger partial charge >= 0.3 is 0 Å². The van der Waals surface area contributed by atoms with Gasteiger partial charge in [0.05, 0.1) is 0 Å². The molecule has 0 bridgehead atoms. The molecule has 1 fully saturated rings. The van der Waals surface area contributed by atoms with Crippen LogP contribution in [0.5, 0.6) is 0 Å². The number of likely N-dealkylation sites (tertiary alicyclic amines) is 1. The van der Waals surface area contributed by atoms with Gasteiger partial charge in [0, 0.05) is 6.54 Å². The van der Waals surface area contributed by atoms with Gasteiger partial charge in [0.2, 0.25) is 0 Å². The summed E-state index contributed by atoms with van der Waals surface area (Å²) in [6.07, 6.45) is 10.5. The predicted octanol–water partition coefficient (Wildman–Crippen LogP) is 3.94. The van der Waals surface area contributed by atoms with Crippen LogP contribution in [-0.2, 0) is 0 Å². The monoisotopic (exact) mass is 219 g/mol. The third-order valence-corrected chi connectivity index (χ3v) is 3.17. The molecular weight excluding hydrogens is 194 g/mol. The van der Waals surface area contributed by atoms with Crippen LogP contribution in [0.3, 0.4) is 0 Å². The van der Waals surface area contributed by atoms with E-state index in [4.69, 9.17) is 0 Å². The van der Waals surface area contributed by atoms with Gasteiger partial charge in [0.1, 0.15) is 0 Å². The first-order chi connectivity index (χ1) is 7.72. The van der Waals surface area contributed by atoms with Crippen molar-refractivity contribution in [1.29, 1.82) is 0 Å². The topological polar surface area (TPSA) is 3.24 Å². The maximum absolute atomic E-state index is 3.93. The summed E-state index contributed by atoms with van der Waals surface area (Å²) in [5.41, 5.74) is 2.64. The summed E-state index contributed by atoms with van der Waals surface area (Å²) in [6, 6.07) is 0. The van der Waals surface area contributed by atoms with Gasteiger partial charge in [-0.1, -0.05) is 42.9 Å². The van der Waals surface area contributed by atoms with E-state index in [1.807, 2.05) is 6.08 Å². The minimum Gasteiger partial charge on any atom is -0.299 e. The number of allylic oxidation sites excluding steroid dienone is 3. The highest BCUT2D eigenvalue weighted by Crippen LogP contribution is 2.12. The smallest absolute Gasteiger partial charge is 0.0190 e. The minimum absolute atomic E-state index is 1.04. The van der Waals surface area contributed by atoms with E-state index >= 15 is 0 Å². The molecule has 0 spiro atoms. The van der Waals surface area contributed by atoms with E-state index in [0.717, 1.165) is 25.0 Å². The van der Waals surface area contributed by atoms with Crippen LogP contribution in [0.4, 0.5) is 0 Å². The molecule has 1 aliphatic rings. The van der Waals surface area contributed by atoms with Crippen LogP contribution in [0, 0.1) is 0 Å².